The van der Waals surface area contributed by atoms with Crippen LogP contribution in [0.5, 0.6) is 0 Å². The molecule has 0 aromatic carbocycles. The summed E-state index contributed by atoms with van der Waals surface area (Å²) in [5.41, 5.74) is -0.673. The summed E-state index contributed by atoms with van der Waals surface area (Å²) < 4.78 is 24.0. The van der Waals surface area contributed by atoms with Crippen molar-refractivity contribution in [2.75, 3.05) is 6.61 Å². The van der Waals surface area contributed by atoms with Gasteiger partial charge in [0.25, 0.3) is 0 Å². The maximum absolute atomic E-state index is 12.9. The summed E-state index contributed by atoms with van der Waals surface area (Å²) in [6.07, 6.45) is -0.776. The Labute approximate surface area is 170 Å². The van der Waals surface area contributed by atoms with Crippen molar-refractivity contribution in [2.24, 2.45) is 0 Å². The van der Waals surface area contributed by atoms with Gasteiger partial charge in [-0.15, -0.1) is 0 Å². The second-order valence-electron chi connectivity index (χ2n) is 10.7. The van der Waals surface area contributed by atoms with Gasteiger partial charge in [-0.25, -0.2) is 4.79 Å². The number of nitrogens with zero attached hydrogens (tertiary/aromatic N) is 1. The Morgan fingerprint density at radius 1 is 1.11 bits per heavy atom. The highest BCUT2D eigenvalue weighted by molar-refractivity contribution is 6.74. The molecule has 7 nitrogen and oxygen atoms in total. The molecule has 0 unspecified atom stereocenters. The summed E-state index contributed by atoms with van der Waals surface area (Å²) in [6.45, 7) is 20.1. The van der Waals surface area contributed by atoms with Crippen molar-refractivity contribution in [1.82, 2.24) is 4.90 Å². The lowest BCUT2D eigenvalue weighted by molar-refractivity contribution is -0.168. The van der Waals surface area contributed by atoms with Crippen LogP contribution in [0.3, 0.4) is 0 Å². The highest BCUT2D eigenvalue weighted by Gasteiger charge is 2.60. The number of fused-ring (bicyclic) bond motifs is 1. The second kappa shape index (κ2) is 7.38. The van der Waals surface area contributed by atoms with Crippen molar-refractivity contribution in [3.8, 4) is 0 Å². The molecule has 0 radical (unpaired) electrons. The van der Waals surface area contributed by atoms with E-state index in [2.05, 4.69) is 33.9 Å². The van der Waals surface area contributed by atoms with Gasteiger partial charge in [-0.05, 0) is 52.8 Å². The Balaban J connectivity index is 2.32. The van der Waals surface area contributed by atoms with Gasteiger partial charge in [0.05, 0.1) is 12.6 Å². The lowest BCUT2D eigenvalue weighted by Gasteiger charge is -2.39. The SMILES string of the molecule is CC(C)(C)OC(=O)N1[C@H](C=O)[C@@H]2OC(C)(C)O[C@@H]2[C@H]1CO[Si](C)(C)C(C)(C)C. The predicted molar refractivity (Wildman–Crippen MR) is 109 cm³/mol. The molecular formula is C20H37NO6Si. The third-order valence-electron chi connectivity index (χ3n) is 5.72. The number of hydrogen-bond donors (Lipinski definition) is 0. The van der Waals surface area contributed by atoms with E-state index in [-0.39, 0.29) is 11.6 Å². The van der Waals surface area contributed by atoms with E-state index in [4.69, 9.17) is 18.6 Å². The molecule has 8 heteroatoms. The van der Waals surface area contributed by atoms with Crippen LogP contribution < -0.4 is 0 Å². The van der Waals surface area contributed by atoms with E-state index in [0.717, 1.165) is 6.29 Å². The molecule has 0 saturated carbocycles. The van der Waals surface area contributed by atoms with Crippen LogP contribution in [-0.4, -0.2) is 67.9 Å². The zero-order valence-electron chi connectivity index (χ0n) is 19.0. The van der Waals surface area contributed by atoms with Crippen molar-refractivity contribution in [3.05, 3.63) is 0 Å². The molecule has 1 amide bonds. The molecule has 0 aliphatic carbocycles. The first-order chi connectivity index (χ1) is 12.5. The van der Waals surface area contributed by atoms with Gasteiger partial charge in [-0.1, -0.05) is 20.8 Å². The fourth-order valence-corrected chi connectivity index (χ4v) is 4.34. The minimum Gasteiger partial charge on any atom is -0.444 e. The lowest BCUT2D eigenvalue weighted by atomic mass is 10.1. The van der Waals surface area contributed by atoms with E-state index in [1.807, 2.05) is 13.8 Å². The highest BCUT2D eigenvalue weighted by Crippen LogP contribution is 2.42. The van der Waals surface area contributed by atoms with Crippen LogP contribution >= 0.6 is 0 Å². The van der Waals surface area contributed by atoms with Gasteiger partial charge >= 0.3 is 6.09 Å². The summed E-state index contributed by atoms with van der Waals surface area (Å²) in [5.74, 6) is -0.814. The minimum atomic E-state index is -2.06. The lowest BCUT2D eigenvalue weighted by Crippen LogP contribution is -2.52. The average Bonchev–Trinajstić information content (AvgIpc) is 2.92. The third kappa shape index (κ3) is 4.78. The van der Waals surface area contributed by atoms with E-state index in [9.17, 15) is 9.59 Å². The number of rotatable bonds is 4. The summed E-state index contributed by atoms with van der Waals surface area (Å²) in [5, 5.41) is 0.0259. The molecule has 4 atom stereocenters. The first kappa shape index (κ1) is 23.3. The smallest absolute Gasteiger partial charge is 0.411 e. The molecule has 0 aromatic heterocycles. The van der Waals surface area contributed by atoms with Crippen molar-refractivity contribution in [3.63, 3.8) is 0 Å². The van der Waals surface area contributed by atoms with E-state index in [1.165, 1.54) is 4.90 Å². The Hall–Kier alpha value is -0.963. The number of likely N-dealkylation sites (tertiary alicyclic amines) is 1. The fourth-order valence-electron chi connectivity index (χ4n) is 3.32. The van der Waals surface area contributed by atoms with Crippen molar-refractivity contribution in [1.29, 1.82) is 0 Å². The molecule has 2 heterocycles. The molecular weight excluding hydrogens is 378 g/mol. The largest absolute Gasteiger partial charge is 0.444 e. The number of ether oxygens (including phenoxy) is 3. The van der Waals surface area contributed by atoms with E-state index >= 15 is 0 Å². The van der Waals surface area contributed by atoms with E-state index in [1.54, 1.807) is 20.8 Å². The van der Waals surface area contributed by atoms with Gasteiger partial charge in [0.2, 0.25) is 0 Å². The summed E-state index contributed by atoms with van der Waals surface area (Å²) in [6, 6.07) is -1.22. The molecule has 0 N–H and O–H groups in total. The number of amides is 1. The van der Waals surface area contributed by atoms with Crippen LogP contribution in [-0.2, 0) is 23.4 Å². The molecule has 0 spiro atoms. The van der Waals surface area contributed by atoms with Gasteiger partial charge in [-0.3, -0.25) is 4.90 Å². The quantitative estimate of drug-likeness (QED) is 0.515. The van der Waals surface area contributed by atoms with Crippen LogP contribution in [0.15, 0.2) is 0 Å². The number of carbonyl (C=O) groups is 2. The molecule has 0 bridgehead atoms. The molecule has 2 fully saturated rings. The Morgan fingerprint density at radius 2 is 1.64 bits per heavy atom. The van der Waals surface area contributed by atoms with Gasteiger partial charge in [-0.2, -0.15) is 0 Å². The maximum Gasteiger partial charge on any atom is 0.411 e. The Bertz CT molecular complexity index is 607. The second-order valence-corrected chi connectivity index (χ2v) is 15.5. The predicted octanol–water partition coefficient (Wildman–Crippen LogP) is 3.72. The minimum absolute atomic E-state index is 0.0259. The summed E-state index contributed by atoms with van der Waals surface area (Å²) in [4.78, 5) is 26.3. The van der Waals surface area contributed by atoms with Gasteiger partial charge < -0.3 is 23.4 Å². The van der Waals surface area contributed by atoms with Crippen LogP contribution in [0.1, 0.15) is 55.4 Å². The van der Waals surface area contributed by atoms with Gasteiger partial charge in [0.15, 0.2) is 14.1 Å². The monoisotopic (exact) mass is 415 g/mol. The van der Waals surface area contributed by atoms with Crippen LogP contribution in [0.25, 0.3) is 0 Å². The van der Waals surface area contributed by atoms with E-state index in [0.29, 0.717) is 0 Å². The van der Waals surface area contributed by atoms with Crippen molar-refractivity contribution >= 4 is 20.7 Å². The Morgan fingerprint density at radius 3 is 2.11 bits per heavy atom. The molecule has 2 saturated heterocycles. The zero-order chi connectivity index (χ0) is 21.7. The van der Waals surface area contributed by atoms with Crippen molar-refractivity contribution < 1.29 is 28.2 Å². The molecule has 2 rings (SSSR count). The van der Waals surface area contributed by atoms with Crippen LogP contribution in [0.2, 0.25) is 18.1 Å². The number of carbonyl (C=O) groups excluding carboxylic acids is 2. The molecule has 0 aromatic rings. The van der Waals surface area contributed by atoms with Crippen LogP contribution in [0.4, 0.5) is 4.79 Å². The van der Waals surface area contributed by atoms with Gasteiger partial charge in [0, 0.05) is 0 Å². The standard InChI is InChI=1S/C20H37NO6Si/c1-18(2,3)27-17(23)21-13(11-22)15-16(26-20(7,8)25-15)14(21)12-24-28(9,10)19(4,5)6/h11,13-16H,12H2,1-10H3/t13-,14-,15+,16-/m1/s1. The van der Waals surface area contributed by atoms with Gasteiger partial charge in [0.1, 0.15) is 30.1 Å². The maximum atomic E-state index is 12.9. The molecule has 28 heavy (non-hydrogen) atoms. The van der Waals surface area contributed by atoms with Crippen LogP contribution in [0, 0.1) is 0 Å². The fraction of sp³-hybridized carbons (Fsp3) is 0.900. The highest BCUT2D eigenvalue weighted by atomic mass is 28.4. The molecule has 162 valence electrons. The van der Waals surface area contributed by atoms with Crippen molar-refractivity contribution in [2.45, 2.75) is 109 Å². The molecule has 2 aliphatic rings. The summed E-state index contributed by atoms with van der Waals surface area (Å²) in [7, 11) is -2.06. The molecule has 2 aliphatic heterocycles. The normalized spacial score (nSPS) is 30.3. The first-order valence-electron chi connectivity index (χ1n) is 9.95. The number of hydrogen-bond acceptors (Lipinski definition) is 6. The summed E-state index contributed by atoms with van der Waals surface area (Å²) >= 11 is 0. The first-order valence-corrected chi connectivity index (χ1v) is 12.9. The topological polar surface area (TPSA) is 74.3 Å². The Kier molecular flexibility index (Phi) is 6.14. The van der Waals surface area contributed by atoms with E-state index < -0.39 is 50.1 Å². The third-order valence-corrected chi connectivity index (χ3v) is 10.2. The zero-order valence-corrected chi connectivity index (χ0v) is 20.0. The average molecular weight is 416 g/mol. The number of aldehydes is 1.